The third-order valence-electron chi connectivity index (χ3n) is 2.12. The van der Waals surface area contributed by atoms with Crippen LogP contribution in [0.4, 0.5) is 0 Å². The Morgan fingerprint density at radius 2 is 2.21 bits per heavy atom. The van der Waals surface area contributed by atoms with Crippen molar-refractivity contribution in [2.75, 3.05) is 6.54 Å². The number of fused-ring (bicyclic) bond motifs is 1. The maximum atomic E-state index is 9.91. The average Bonchev–Trinajstić information content (AvgIpc) is 2.63. The van der Waals surface area contributed by atoms with Crippen LogP contribution >= 0.6 is 11.3 Å². The average molecular weight is 203 g/mol. The summed E-state index contributed by atoms with van der Waals surface area (Å²) in [5.74, 6) is 0. The Hall–Kier alpha value is -1.44. The van der Waals surface area contributed by atoms with Crippen LogP contribution in [0, 0.1) is 0 Å². The van der Waals surface area contributed by atoms with Gasteiger partial charge in [0.15, 0.2) is 0 Å². The van der Waals surface area contributed by atoms with Gasteiger partial charge in [0.2, 0.25) is 6.08 Å². The van der Waals surface area contributed by atoms with E-state index in [4.69, 9.17) is 0 Å². The molecule has 0 aliphatic heterocycles. The summed E-state index contributed by atoms with van der Waals surface area (Å²) in [6, 6.07) is 8.27. The molecular weight excluding hydrogens is 194 g/mol. The Bertz CT molecular complexity index is 483. The van der Waals surface area contributed by atoms with Gasteiger partial charge in [0.1, 0.15) is 0 Å². The van der Waals surface area contributed by atoms with Crippen molar-refractivity contribution in [3.8, 4) is 0 Å². The largest absolute Gasteiger partial charge is 0.234 e. The Balaban J connectivity index is 2.29. The maximum absolute atomic E-state index is 9.91. The zero-order valence-corrected chi connectivity index (χ0v) is 8.38. The lowest BCUT2D eigenvalue weighted by Crippen LogP contribution is -1.86. The molecule has 0 N–H and O–H groups in total. The first-order valence-corrected chi connectivity index (χ1v) is 5.28. The van der Waals surface area contributed by atoms with E-state index in [1.807, 2.05) is 12.1 Å². The van der Waals surface area contributed by atoms with Gasteiger partial charge < -0.3 is 0 Å². The van der Waals surface area contributed by atoms with Crippen LogP contribution in [0.25, 0.3) is 10.1 Å². The number of nitrogens with zero attached hydrogens (tertiary/aromatic N) is 1. The molecule has 0 radical (unpaired) electrons. The van der Waals surface area contributed by atoms with Gasteiger partial charge in [-0.2, -0.15) is 0 Å². The van der Waals surface area contributed by atoms with E-state index < -0.39 is 0 Å². The predicted octanol–water partition coefficient (Wildman–Crippen LogP) is 2.78. The Kier molecular flexibility index (Phi) is 2.73. The molecule has 14 heavy (non-hydrogen) atoms. The topological polar surface area (TPSA) is 29.4 Å². The summed E-state index contributed by atoms with van der Waals surface area (Å²) in [4.78, 5) is 13.5. The molecule has 0 spiro atoms. The van der Waals surface area contributed by atoms with Crippen molar-refractivity contribution >= 4 is 27.5 Å². The second-order valence-electron chi connectivity index (χ2n) is 2.98. The predicted molar refractivity (Wildman–Crippen MR) is 58.5 cm³/mol. The van der Waals surface area contributed by atoms with Crippen molar-refractivity contribution in [3.05, 3.63) is 35.2 Å². The molecule has 1 aromatic heterocycles. The van der Waals surface area contributed by atoms with E-state index >= 15 is 0 Å². The highest BCUT2D eigenvalue weighted by atomic mass is 32.1. The van der Waals surface area contributed by atoms with E-state index in [9.17, 15) is 4.79 Å². The van der Waals surface area contributed by atoms with Gasteiger partial charge in [0.05, 0.1) is 6.54 Å². The summed E-state index contributed by atoms with van der Waals surface area (Å²) in [6.45, 7) is 0.532. The molecule has 0 saturated heterocycles. The van der Waals surface area contributed by atoms with Crippen LogP contribution < -0.4 is 0 Å². The lowest BCUT2D eigenvalue weighted by molar-refractivity contribution is 0.563. The zero-order valence-electron chi connectivity index (χ0n) is 7.56. The van der Waals surface area contributed by atoms with Crippen molar-refractivity contribution in [1.29, 1.82) is 0 Å². The smallest absolute Gasteiger partial charge is 0.211 e. The van der Waals surface area contributed by atoms with Crippen molar-refractivity contribution < 1.29 is 4.79 Å². The van der Waals surface area contributed by atoms with Crippen LogP contribution in [-0.2, 0) is 11.2 Å². The van der Waals surface area contributed by atoms with Crippen molar-refractivity contribution in [2.45, 2.75) is 6.42 Å². The monoisotopic (exact) mass is 203 g/mol. The molecule has 2 aromatic rings. The lowest BCUT2D eigenvalue weighted by Gasteiger charge is -1.94. The molecule has 0 aliphatic carbocycles. The number of aliphatic imine (C=N–C) groups is 1. The van der Waals surface area contributed by atoms with Crippen LogP contribution in [0.1, 0.15) is 5.56 Å². The lowest BCUT2D eigenvalue weighted by atomic mass is 10.1. The number of thiophene rings is 1. The van der Waals surface area contributed by atoms with Crippen LogP contribution in [0.2, 0.25) is 0 Å². The van der Waals surface area contributed by atoms with Crippen molar-refractivity contribution in [2.24, 2.45) is 4.99 Å². The Morgan fingerprint density at radius 1 is 1.36 bits per heavy atom. The fourth-order valence-electron chi connectivity index (χ4n) is 1.45. The summed E-state index contributed by atoms with van der Waals surface area (Å²) < 4.78 is 1.29. The minimum absolute atomic E-state index is 0.532. The Morgan fingerprint density at radius 3 is 3.07 bits per heavy atom. The first-order valence-electron chi connectivity index (χ1n) is 4.40. The molecule has 0 amide bonds. The minimum atomic E-state index is 0.532. The fraction of sp³-hybridized carbons (Fsp3) is 0.182. The van der Waals surface area contributed by atoms with Gasteiger partial charge in [0, 0.05) is 4.70 Å². The molecule has 1 aromatic carbocycles. The molecule has 0 saturated carbocycles. The van der Waals surface area contributed by atoms with Gasteiger partial charge >= 0.3 is 0 Å². The molecule has 3 heteroatoms. The minimum Gasteiger partial charge on any atom is -0.211 e. The van der Waals surface area contributed by atoms with Gasteiger partial charge in [-0.3, -0.25) is 0 Å². The molecule has 70 valence electrons. The van der Waals surface area contributed by atoms with Gasteiger partial charge in [-0.15, -0.1) is 11.3 Å². The van der Waals surface area contributed by atoms with Gasteiger partial charge in [-0.25, -0.2) is 9.79 Å². The van der Waals surface area contributed by atoms with Crippen LogP contribution in [-0.4, -0.2) is 12.6 Å². The Labute approximate surface area is 85.9 Å². The number of carbonyl (C=O) groups excluding carboxylic acids is 1. The summed E-state index contributed by atoms with van der Waals surface area (Å²) in [7, 11) is 0. The number of rotatable bonds is 3. The van der Waals surface area contributed by atoms with E-state index in [1.165, 1.54) is 15.6 Å². The molecular formula is C11H9NOS. The van der Waals surface area contributed by atoms with E-state index in [0.717, 1.165) is 6.42 Å². The molecule has 0 aliphatic rings. The highest BCUT2D eigenvalue weighted by Crippen LogP contribution is 2.25. The van der Waals surface area contributed by atoms with E-state index in [0.29, 0.717) is 6.54 Å². The molecule has 0 atom stereocenters. The summed E-state index contributed by atoms with van der Waals surface area (Å²) in [5.41, 5.74) is 1.27. The van der Waals surface area contributed by atoms with Gasteiger partial charge in [-0.05, 0) is 28.8 Å². The molecule has 0 fully saturated rings. The van der Waals surface area contributed by atoms with E-state index in [2.05, 4.69) is 22.5 Å². The quantitative estimate of drug-likeness (QED) is 0.557. The second kappa shape index (κ2) is 4.18. The molecule has 2 rings (SSSR count). The third kappa shape index (κ3) is 1.74. The van der Waals surface area contributed by atoms with Crippen LogP contribution in [0.3, 0.4) is 0 Å². The standard InChI is InChI=1S/C11H9NOS/c13-8-12-6-5-9-7-14-11-4-2-1-3-10(9)11/h1-4,7H,5-6H2. The van der Waals surface area contributed by atoms with Crippen LogP contribution in [0.5, 0.6) is 0 Å². The highest BCUT2D eigenvalue weighted by molar-refractivity contribution is 7.17. The zero-order chi connectivity index (χ0) is 9.80. The third-order valence-corrected chi connectivity index (χ3v) is 3.13. The number of benzene rings is 1. The first-order chi connectivity index (χ1) is 6.92. The normalized spacial score (nSPS) is 10.0. The van der Waals surface area contributed by atoms with Crippen LogP contribution in [0.15, 0.2) is 34.6 Å². The number of hydrogen-bond acceptors (Lipinski definition) is 3. The van der Waals surface area contributed by atoms with Gasteiger partial charge in [-0.1, -0.05) is 18.2 Å². The number of isocyanates is 1. The number of hydrogen-bond donors (Lipinski definition) is 0. The van der Waals surface area contributed by atoms with Gasteiger partial charge in [0.25, 0.3) is 0 Å². The summed E-state index contributed by atoms with van der Waals surface area (Å²) in [5, 5.41) is 3.41. The first kappa shape index (κ1) is 9.13. The molecule has 1 heterocycles. The van der Waals surface area contributed by atoms with Crippen molar-refractivity contribution in [3.63, 3.8) is 0 Å². The fourth-order valence-corrected chi connectivity index (χ4v) is 2.45. The van der Waals surface area contributed by atoms with E-state index in [1.54, 1.807) is 17.4 Å². The molecule has 0 unspecified atom stereocenters. The summed E-state index contributed by atoms with van der Waals surface area (Å²) >= 11 is 1.73. The molecule has 0 bridgehead atoms. The second-order valence-corrected chi connectivity index (χ2v) is 3.89. The molecule has 2 nitrogen and oxygen atoms in total. The SMILES string of the molecule is O=C=NCCc1csc2ccccc12. The van der Waals surface area contributed by atoms with E-state index in [-0.39, 0.29) is 0 Å². The van der Waals surface area contributed by atoms with Crippen molar-refractivity contribution in [1.82, 2.24) is 0 Å². The highest BCUT2D eigenvalue weighted by Gasteiger charge is 2.01. The summed E-state index contributed by atoms with van der Waals surface area (Å²) in [6.07, 6.45) is 2.38. The maximum Gasteiger partial charge on any atom is 0.234 e.